The zero-order valence-electron chi connectivity index (χ0n) is 22.5. The second kappa shape index (κ2) is 12.2. The first-order chi connectivity index (χ1) is 18.6. The third kappa shape index (κ3) is 6.46. The van der Waals surface area contributed by atoms with Crippen LogP contribution in [-0.4, -0.2) is 39.5 Å². The highest BCUT2D eigenvalue weighted by atomic mass is 35.5. The van der Waals surface area contributed by atoms with Gasteiger partial charge in [0.1, 0.15) is 16.3 Å². The number of rotatable bonds is 9. The summed E-state index contributed by atoms with van der Waals surface area (Å²) < 4.78 is 12.9. The van der Waals surface area contributed by atoms with Crippen molar-refractivity contribution in [1.29, 1.82) is 0 Å². The topological polar surface area (TPSA) is 95.3 Å². The van der Waals surface area contributed by atoms with Crippen molar-refractivity contribution in [2.75, 3.05) is 18.2 Å². The van der Waals surface area contributed by atoms with E-state index in [9.17, 15) is 9.59 Å². The van der Waals surface area contributed by atoms with Crippen LogP contribution in [0.5, 0.6) is 5.75 Å². The molecule has 0 fully saturated rings. The number of nitrogens with zero attached hydrogens (tertiary/aromatic N) is 3. The molecular weight excluding hydrogens is 556 g/mol. The number of benzene rings is 2. The minimum absolute atomic E-state index is 0.0717. The Hall–Kier alpha value is -3.34. The monoisotopic (exact) mass is 584 g/mol. The summed E-state index contributed by atoms with van der Waals surface area (Å²) in [6.45, 7) is 7.81. The molecule has 2 aromatic carbocycles. The van der Waals surface area contributed by atoms with Gasteiger partial charge in [0.25, 0.3) is 0 Å². The van der Waals surface area contributed by atoms with Gasteiger partial charge in [0.15, 0.2) is 17.1 Å². The minimum Gasteiger partial charge on any atom is -0.481 e. The fourth-order valence-corrected chi connectivity index (χ4v) is 5.87. The fraction of sp³-hybridized carbons (Fsp3) is 0.286. The molecule has 2 aromatic heterocycles. The van der Waals surface area contributed by atoms with E-state index in [1.165, 1.54) is 30.2 Å². The molecular formula is C28H29ClN4O4S2. The lowest BCUT2D eigenvalue weighted by atomic mass is 9.97. The number of aryl methyl sites for hydroxylation is 3. The summed E-state index contributed by atoms with van der Waals surface area (Å²) in [5.41, 5.74) is 5.13. The molecule has 2 heterocycles. The van der Waals surface area contributed by atoms with Crippen LogP contribution in [-0.2, 0) is 16.6 Å². The SMILES string of the molecule is COC(=O)c1c(-c2cc(C)ccc2C)csc1NC(=O)CSc1nnc(C(C)Oc2cc(C)ccc2Cl)n1C. The number of anilines is 1. The second-order valence-corrected chi connectivity index (χ2v) is 11.3. The van der Waals surface area contributed by atoms with Gasteiger partial charge < -0.3 is 19.4 Å². The maximum Gasteiger partial charge on any atom is 0.341 e. The van der Waals surface area contributed by atoms with Crippen LogP contribution in [0.1, 0.15) is 45.9 Å². The predicted octanol–water partition coefficient (Wildman–Crippen LogP) is 6.78. The number of thiophene rings is 1. The summed E-state index contributed by atoms with van der Waals surface area (Å²) >= 11 is 8.80. The molecule has 8 nitrogen and oxygen atoms in total. The summed E-state index contributed by atoms with van der Waals surface area (Å²) in [6.07, 6.45) is -0.415. The Morgan fingerprint density at radius 1 is 1.10 bits per heavy atom. The minimum atomic E-state index is -0.504. The van der Waals surface area contributed by atoms with Crippen LogP contribution in [0.2, 0.25) is 5.02 Å². The van der Waals surface area contributed by atoms with E-state index >= 15 is 0 Å². The summed E-state index contributed by atoms with van der Waals surface area (Å²) in [6, 6.07) is 11.6. The Morgan fingerprint density at radius 3 is 2.56 bits per heavy atom. The predicted molar refractivity (Wildman–Crippen MR) is 156 cm³/mol. The van der Waals surface area contributed by atoms with Crippen molar-refractivity contribution in [2.24, 2.45) is 7.05 Å². The van der Waals surface area contributed by atoms with Gasteiger partial charge in [-0.15, -0.1) is 21.5 Å². The number of aromatic nitrogens is 3. The van der Waals surface area contributed by atoms with Crippen LogP contribution in [0.4, 0.5) is 5.00 Å². The highest BCUT2D eigenvalue weighted by Gasteiger charge is 2.24. The number of carbonyl (C=O) groups excluding carboxylic acids is 2. The average molecular weight is 585 g/mol. The molecule has 4 aromatic rings. The highest BCUT2D eigenvalue weighted by molar-refractivity contribution is 7.99. The normalized spacial score (nSPS) is 11.8. The molecule has 39 heavy (non-hydrogen) atoms. The van der Waals surface area contributed by atoms with Crippen LogP contribution in [0.15, 0.2) is 46.9 Å². The Bertz CT molecular complexity index is 1530. The fourth-order valence-electron chi connectivity index (χ4n) is 4.02. The lowest BCUT2D eigenvalue weighted by Gasteiger charge is -2.15. The van der Waals surface area contributed by atoms with E-state index in [4.69, 9.17) is 21.1 Å². The summed E-state index contributed by atoms with van der Waals surface area (Å²) in [5, 5.41) is 14.7. The molecule has 0 aliphatic carbocycles. The van der Waals surface area contributed by atoms with Gasteiger partial charge in [-0.05, 0) is 56.5 Å². The summed E-state index contributed by atoms with van der Waals surface area (Å²) in [5.74, 6) is 0.455. The Balaban J connectivity index is 1.46. The van der Waals surface area contributed by atoms with Gasteiger partial charge in [-0.1, -0.05) is 53.2 Å². The van der Waals surface area contributed by atoms with Crippen molar-refractivity contribution in [3.63, 3.8) is 0 Å². The molecule has 1 unspecified atom stereocenters. The number of methoxy groups -OCH3 is 1. The second-order valence-electron chi connectivity index (χ2n) is 9.09. The highest BCUT2D eigenvalue weighted by Crippen LogP contribution is 2.38. The van der Waals surface area contributed by atoms with Crippen molar-refractivity contribution < 1.29 is 19.1 Å². The van der Waals surface area contributed by atoms with Gasteiger partial charge in [0, 0.05) is 18.0 Å². The number of amides is 1. The molecule has 204 valence electrons. The Kier molecular flexibility index (Phi) is 8.99. The molecule has 0 saturated heterocycles. The van der Waals surface area contributed by atoms with Gasteiger partial charge in [0.05, 0.1) is 17.9 Å². The van der Waals surface area contributed by atoms with Crippen LogP contribution in [0.3, 0.4) is 0 Å². The van der Waals surface area contributed by atoms with Crippen LogP contribution >= 0.6 is 34.7 Å². The van der Waals surface area contributed by atoms with Gasteiger partial charge in [-0.3, -0.25) is 4.79 Å². The zero-order chi connectivity index (χ0) is 28.3. The maximum absolute atomic E-state index is 12.9. The molecule has 0 radical (unpaired) electrons. The van der Waals surface area contributed by atoms with Crippen LogP contribution in [0.25, 0.3) is 11.1 Å². The first-order valence-electron chi connectivity index (χ1n) is 12.1. The average Bonchev–Trinajstić information content (AvgIpc) is 3.49. The van der Waals surface area contributed by atoms with Crippen molar-refractivity contribution in [3.8, 4) is 16.9 Å². The number of carbonyl (C=O) groups is 2. The third-order valence-corrected chi connectivity index (χ3v) is 8.30. The van der Waals surface area contributed by atoms with Crippen molar-refractivity contribution in [2.45, 2.75) is 39.0 Å². The number of hydrogen-bond acceptors (Lipinski definition) is 8. The molecule has 1 atom stereocenters. The van der Waals surface area contributed by atoms with Crippen LogP contribution < -0.4 is 10.1 Å². The molecule has 0 spiro atoms. The summed E-state index contributed by atoms with van der Waals surface area (Å²) in [7, 11) is 3.15. The number of hydrogen-bond donors (Lipinski definition) is 1. The molecule has 0 aliphatic rings. The third-order valence-electron chi connectivity index (χ3n) is 6.07. The number of thioether (sulfide) groups is 1. The van der Waals surface area contributed by atoms with E-state index in [1.54, 1.807) is 10.6 Å². The molecule has 1 N–H and O–H groups in total. The molecule has 4 rings (SSSR count). The quantitative estimate of drug-likeness (QED) is 0.171. The smallest absolute Gasteiger partial charge is 0.341 e. The number of ether oxygens (including phenoxy) is 2. The number of esters is 1. The van der Waals surface area contributed by atoms with Gasteiger partial charge in [-0.2, -0.15) is 0 Å². The van der Waals surface area contributed by atoms with Crippen LogP contribution in [0, 0.1) is 20.8 Å². The molecule has 0 aliphatic heterocycles. The van der Waals surface area contributed by atoms with E-state index in [-0.39, 0.29) is 11.7 Å². The lowest BCUT2D eigenvalue weighted by molar-refractivity contribution is -0.113. The first-order valence-corrected chi connectivity index (χ1v) is 14.4. The van der Waals surface area contributed by atoms with Gasteiger partial charge in [-0.25, -0.2) is 4.79 Å². The van der Waals surface area contributed by atoms with E-state index < -0.39 is 12.1 Å². The number of halogens is 1. The first kappa shape index (κ1) is 28.7. The molecule has 0 bridgehead atoms. The number of nitrogens with one attached hydrogen (secondary N) is 1. The molecule has 1 amide bonds. The van der Waals surface area contributed by atoms with E-state index in [1.807, 2.05) is 70.5 Å². The maximum atomic E-state index is 12.9. The largest absolute Gasteiger partial charge is 0.481 e. The zero-order valence-corrected chi connectivity index (χ0v) is 24.9. The lowest BCUT2D eigenvalue weighted by Crippen LogP contribution is -2.16. The van der Waals surface area contributed by atoms with Crippen molar-refractivity contribution in [1.82, 2.24) is 14.8 Å². The van der Waals surface area contributed by atoms with Crippen molar-refractivity contribution in [3.05, 3.63) is 74.9 Å². The van der Waals surface area contributed by atoms with Gasteiger partial charge >= 0.3 is 5.97 Å². The summed E-state index contributed by atoms with van der Waals surface area (Å²) in [4.78, 5) is 25.6. The van der Waals surface area contributed by atoms with Gasteiger partial charge in [0.2, 0.25) is 5.91 Å². The standard InChI is InChI=1S/C28H29ClN4O4S2/c1-15-7-9-17(3)19(11-15)20-13-38-26(24(20)27(35)36-6)30-23(34)14-39-28-32-31-25(33(28)5)18(4)37-22-12-16(2)8-10-21(22)29/h7-13,18H,14H2,1-6H3,(H,30,34). The van der Waals surface area contributed by atoms with E-state index in [0.717, 1.165) is 27.8 Å². The van der Waals surface area contributed by atoms with Crippen molar-refractivity contribution >= 4 is 51.6 Å². The Morgan fingerprint density at radius 2 is 1.82 bits per heavy atom. The Labute approximate surface area is 240 Å². The van der Waals surface area contributed by atoms with E-state index in [0.29, 0.717) is 32.3 Å². The molecule has 0 saturated carbocycles. The molecule has 11 heteroatoms. The van der Waals surface area contributed by atoms with E-state index in [2.05, 4.69) is 15.5 Å².